The van der Waals surface area contributed by atoms with Crippen LogP contribution in [0.3, 0.4) is 0 Å². The summed E-state index contributed by atoms with van der Waals surface area (Å²) >= 11 is 4.28. The van der Waals surface area contributed by atoms with Crippen molar-refractivity contribution in [1.29, 1.82) is 0 Å². The van der Waals surface area contributed by atoms with Crippen LogP contribution in [0, 0.1) is 0 Å². The number of ketones is 1. The van der Waals surface area contributed by atoms with Crippen LogP contribution in [0.1, 0.15) is 82.8 Å². The van der Waals surface area contributed by atoms with Gasteiger partial charge in [-0.1, -0.05) is 56.5 Å². The van der Waals surface area contributed by atoms with Gasteiger partial charge in [-0.25, -0.2) is 4.98 Å². The fourth-order valence-corrected chi connectivity index (χ4v) is 6.01. The molecular formula is C25H37N3O4S3. The minimum atomic E-state index is -0.866. The van der Waals surface area contributed by atoms with E-state index in [0.29, 0.717) is 24.3 Å². The van der Waals surface area contributed by atoms with Gasteiger partial charge in [0.2, 0.25) is 5.91 Å². The molecule has 7 nitrogen and oxygen atoms in total. The summed E-state index contributed by atoms with van der Waals surface area (Å²) in [6.45, 7) is 5.84. The summed E-state index contributed by atoms with van der Waals surface area (Å²) in [5.74, 6) is 1.07. The lowest BCUT2D eigenvalue weighted by molar-refractivity contribution is -0.122. The molecule has 10 heteroatoms. The smallest absolute Gasteiger partial charge is 0.223 e. The summed E-state index contributed by atoms with van der Waals surface area (Å²) in [5.41, 5.74) is 0.0362. The van der Waals surface area contributed by atoms with Crippen molar-refractivity contribution in [3.63, 3.8) is 0 Å². The van der Waals surface area contributed by atoms with Gasteiger partial charge in [-0.3, -0.25) is 19.4 Å². The maximum Gasteiger partial charge on any atom is 0.223 e. The van der Waals surface area contributed by atoms with Gasteiger partial charge in [0, 0.05) is 23.3 Å². The Labute approximate surface area is 221 Å². The molecular weight excluding hydrogens is 502 g/mol. The van der Waals surface area contributed by atoms with Crippen LogP contribution in [0.5, 0.6) is 0 Å². The molecule has 2 heterocycles. The second kappa shape index (κ2) is 15.6. The Morgan fingerprint density at radius 3 is 2.77 bits per heavy atom. The summed E-state index contributed by atoms with van der Waals surface area (Å²) in [5, 5.41) is 16.5. The number of thiazole rings is 1. The van der Waals surface area contributed by atoms with Gasteiger partial charge in [0.1, 0.15) is 21.3 Å². The first kappa shape index (κ1) is 29.7. The quantitative estimate of drug-likeness (QED) is 0.227. The van der Waals surface area contributed by atoms with E-state index < -0.39 is 11.6 Å². The van der Waals surface area contributed by atoms with Gasteiger partial charge < -0.3 is 10.4 Å². The highest BCUT2D eigenvalue weighted by Crippen LogP contribution is 2.31. The van der Waals surface area contributed by atoms with Gasteiger partial charge >= 0.3 is 0 Å². The lowest BCUT2D eigenvalue weighted by Crippen LogP contribution is -2.31. The van der Waals surface area contributed by atoms with Gasteiger partial charge in [0.05, 0.1) is 19.1 Å². The van der Waals surface area contributed by atoms with E-state index >= 15 is 0 Å². The number of allylic oxidation sites excluding steroid dienone is 1. The summed E-state index contributed by atoms with van der Waals surface area (Å²) in [6.07, 6.45) is 9.56. The Morgan fingerprint density at radius 1 is 1.29 bits per heavy atom. The van der Waals surface area contributed by atoms with Gasteiger partial charge in [-0.2, -0.15) is 0 Å². The number of Topliss-reactive ketones (excluding diaryl/α,β-unsaturated/α-hetero) is 1. The predicted molar refractivity (Wildman–Crippen MR) is 147 cm³/mol. The van der Waals surface area contributed by atoms with Crippen molar-refractivity contribution < 1.29 is 19.5 Å². The van der Waals surface area contributed by atoms with Crippen LogP contribution in [0.2, 0.25) is 0 Å². The van der Waals surface area contributed by atoms with Crippen molar-refractivity contribution in [3.8, 4) is 0 Å². The molecule has 0 aliphatic carbocycles. The molecule has 0 spiro atoms. The van der Waals surface area contributed by atoms with E-state index in [-0.39, 0.29) is 29.8 Å². The molecule has 35 heavy (non-hydrogen) atoms. The highest BCUT2D eigenvalue weighted by Gasteiger charge is 2.36. The highest BCUT2D eigenvalue weighted by atomic mass is 32.2. The van der Waals surface area contributed by atoms with Crippen LogP contribution in [-0.4, -0.2) is 55.1 Å². The maximum atomic E-state index is 12.2. The number of nitrogens with zero attached hydrogens (tertiary/aromatic N) is 2. The zero-order valence-electron chi connectivity index (χ0n) is 20.9. The lowest BCUT2D eigenvalue weighted by Gasteiger charge is -2.13. The number of hydrogen-bond acceptors (Lipinski definition) is 9. The molecule has 1 aliphatic rings. The van der Waals surface area contributed by atoms with Crippen LogP contribution < -0.4 is 5.32 Å². The minimum Gasteiger partial charge on any atom is -0.389 e. The number of aliphatic hydroxyl groups excluding tert-OH is 1. The molecule has 1 amide bonds. The van der Waals surface area contributed by atoms with Crippen molar-refractivity contribution in [2.75, 3.05) is 11.5 Å². The van der Waals surface area contributed by atoms with E-state index in [1.807, 2.05) is 18.4 Å². The third-order valence-electron chi connectivity index (χ3n) is 5.59. The number of hydrogen-bond donors (Lipinski definition) is 2. The van der Waals surface area contributed by atoms with E-state index in [1.165, 1.54) is 54.1 Å². The van der Waals surface area contributed by atoms with Crippen LogP contribution in [0.4, 0.5) is 0 Å². The Hall–Kier alpha value is -1.49. The average Bonchev–Trinajstić information content (AvgIpc) is 3.45. The number of aliphatic imine (C=N–C) groups is 1. The largest absolute Gasteiger partial charge is 0.389 e. The molecule has 2 N–H and O–H groups in total. The van der Waals surface area contributed by atoms with Gasteiger partial charge in [0.15, 0.2) is 10.9 Å². The normalized spacial score (nSPS) is 18.6. The molecule has 0 saturated carbocycles. The van der Waals surface area contributed by atoms with Crippen LogP contribution in [0.15, 0.2) is 22.5 Å². The Balaban J connectivity index is 1.62. The van der Waals surface area contributed by atoms with Crippen molar-refractivity contribution >= 4 is 56.7 Å². The number of unbranched alkanes of at least 4 members (excludes halogenated alkanes) is 4. The molecule has 0 bridgehead atoms. The van der Waals surface area contributed by atoms with E-state index in [2.05, 4.69) is 22.2 Å². The molecule has 0 fully saturated rings. The maximum absolute atomic E-state index is 12.2. The molecule has 1 aromatic rings. The minimum absolute atomic E-state index is 0.0297. The fraction of sp³-hybridized carbons (Fsp3) is 0.640. The number of aliphatic hydroxyl groups is 1. The molecule has 2 rings (SSSR count). The highest BCUT2D eigenvalue weighted by molar-refractivity contribution is 8.14. The van der Waals surface area contributed by atoms with Crippen LogP contribution in [-0.2, 0) is 20.9 Å². The summed E-state index contributed by atoms with van der Waals surface area (Å²) in [6, 6.07) is 0. The van der Waals surface area contributed by atoms with E-state index in [0.717, 1.165) is 28.6 Å². The van der Waals surface area contributed by atoms with E-state index in [1.54, 1.807) is 13.0 Å². The monoisotopic (exact) mass is 539 g/mol. The van der Waals surface area contributed by atoms with Crippen molar-refractivity contribution in [2.45, 2.75) is 90.3 Å². The molecule has 2 atom stereocenters. The zero-order chi connectivity index (χ0) is 25.7. The molecule has 0 saturated heterocycles. The zero-order valence-corrected chi connectivity index (χ0v) is 23.3. The Kier molecular flexibility index (Phi) is 13.2. The molecule has 1 aliphatic heterocycles. The van der Waals surface area contributed by atoms with Crippen molar-refractivity contribution in [2.24, 2.45) is 4.99 Å². The predicted octanol–water partition coefficient (Wildman–Crippen LogP) is 4.92. The Morgan fingerprint density at radius 2 is 2.06 bits per heavy atom. The number of rotatable bonds is 16. The molecule has 1 aromatic heterocycles. The van der Waals surface area contributed by atoms with Crippen molar-refractivity contribution in [1.82, 2.24) is 10.3 Å². The Bertz CT molecular complexity index is 916. The average molecular weight is 540 g/mol. The topological polar surface area (TPSA) is 109 Å². The second-order valence-electron chi connectivity index (χ2n) is 8.81. The standard InChI is InChI=1S/C25H37N3O4S3/c1-4-5-6-7-8-12-23(32)33-13-10-9-11-19(30)14-21(31)26-15-22-27-20(16-34-22)24-28-25(3,17-35-24)18(2)29/h9,11,16,19,30H,4-8,10,12-15,17H2,1-3H3,(H,26,31)/b11-9+/t19-,25+/m1/s1. The third-order valence-corrected chi connectivity index (χ3v) is 8.68. The second-order valence-corrected chi connectivity index (χ2v) is 11.9. The fourth-order valence-electron chi connectivity index (χ4n) is 3.24. The number of carbonyl (C=O) groups is 3. The lowest BCUT2D eigenvalue weighted by atomic mass is 10.0. The third kappa shape index (κ3) is 11.0. The van der Waals surface area contributed by atoms with Gasteiger partial charge in [0.25, 0.3) is 0 Å². The van der Waals surface area contributed by atoms with Crippen LogP contribution >= 0.6 is 34.9 Å². The van der Waals surface area contributed by atoms with Crippen LogP contribution in [0.25, 0.3) is 0 Å². The first-order valence-corrected chi connectivity index (χ1v) is 15.0. The molecule has 0 radical (unpaired) electrons. The number of thioether (sulfide) groups is 2. The van der Waals surface area contributed by atoms with Gasteiger partial charge in [-0.05, 0) is 26.7 Å². The van der Waals surface area contributed by atoms with Gasteiger partial charge in [-0.15, -0.1) is 23.1 Å². The van der Waals surface area contributed by atoms with E-state index in [9.17, 15) is 19.5 Å². The molecule has 0 aromatic carbocycles. The summed E-state index contributed by atoms with van der Waals surface area (Å²) in [7, 11) is 0. The van der Waals surface area contributed by atoms with E-state index in [4.69, 9.17) is 0 Å². The number of nitrogens with one attached hydrogen (secondary N) is 1. The molecule has 194 valence electrons. The summed E-state index contributed by atoms with van der Waals surface area (Å²) in [4.78, 5) is 44.8. The number of amides is 1. The number of carbonyl (C=O) groups excluding carboxylic acids is 3. The SMILES string of the molecule is CCCCCCCC(=O)SCC/C=C/[C@@H](O)CC(=O)NCc1nc(C2=N[C@](C)(C(C)=O)CS2)cs1. The number of aromatic nitrogens is 1. The first-order valence-electron chi connectivity index (χ1n) is 12.2. The summed E-state index contributed by atoms with van der Waals surface area (Å²) < 4.78 is 0. The first-order chi connectivity index (χ1) is 16.7. The molecule has 0 unspecified atom stereocenters. The van der Waals surface area contributed by atoms with Crippen molar-refractivity contribution in [3.05, 3.63) is 28.2 Å².